The number of carbonyl (C=O) groups is 1. The minimum absolute atomic E-state index is 0.288. The number of benzene rings is 4. The zero-order valence-corrected chi connectivity index (χ0v) is 23.0. The molecule has 1 amide bonds. The van der Waals surface area contributed by atoms with Crippen LogP contribution in [0.15, 0.2) is 114 Å². The van der Waals surface area contributed by atoms with E-state index in [1.807, 2.05) is 85.8 Å². The van der Waals surface area contributed by atoms with E-state index in [0.29, 0.717) is 52.4 Å². The monoisotopic (exact) mass is 561 g/mol. The lowest BCUT2D eigenvalue weighted by Gasteiger charge is -2.29. The topological polar surface area (TPSA) is 90.3 Å². The number of rotatable bonds is 8. The van der Waals surface area contributed by atoms with Crippen molar-refractivity contribution < 1.29 is 18.7 Å². The van der Waals surface area contributed by atoms with Crippen LogP contribution in [0.4, 0.5) is 16.0 Å². The number of methoxy groups -OCH3 is 1. The molecule has 1 aliphatic rings. The molecule has 210 valence electrons. The van der Waals surface area contributed by atoms with Crippen LogP contribution in [0.1, 0.15) is 24.1 Å². The molecule has 0 saturated carbocycles. The van der Waals surface area contributed by atoms with Crippen molar-refractivity contribution in [3.63, 3.8) is 0 Å². The van der Waals surface area contributed by atoms with Gasteiger partial charge in [-0.05, 0) is 66.6 Å². The van der Waals surface area contributed by atoms with Gasteiger partial charge < -0.3 is 20.1 Å². The zero-order valence-electron chi connectivity index (χ0n) is 23.0. The predicted molar refractivity (Wildman–Crippen MR) is 159 cm³/mol. The first-order valence-electron chi connectivity index (χ1n) is 13.4. The summed E-state index contributed by atoms with van der Waals surface area (Å²) in [5.41, 5.74) is 4.18. The van der Waals surface area contributed by atoms with Crippen LogP contribution in [0.2, 0.25) is 0 Å². The zero-order chi connectivity index (χ0) is 29.1. The number of halogens is 1. The minimum Gasteiger partial charge on any atom is -0.493 e. The average molecular weight is 562 g/mol. The molecular weight excluding hydrogens is 533 g/mol. The first-order valence-corrected chi connectivity index (χ1v) is 13.4. The molecular formula is C33H28FN5O3. The summed E-state index contributed by atoms with van der Waals surface area (Å²) in [6.45, 7) is 2.21. The van der Waals surface area contributed by atoms with Gasteiger partial charge in [0.25, 0.3) is 5.91 Å². The smallest absolute Gasteiger partial charge is 0.255 e. The molecule has 5 aromatic rings. The van der Waals surface area contributed by atoms with Crippen LogP contribution in [0.25, 0.3) is 11.4 Å². The van der Waals surface area contributed by atoms with Crippen molar-refractivity contribution >= 4 is 17.5 Å². The van der Waals surface area contributed by atoms with Gasteiger partial charge in [0.2, 0.25) is 5.95 Å². The maximum Gasteiger partial charge on any atom is 0.255 e. The van der Waals surface area contributed by atoms with Crippen LogP contribution in [0, 0.1) is 5.82 Å². The van der Waals surface area contributed by atoms with Gasteiger partial charge in [0.15, 0.2) is 17.3 Å². The summed E-state index contributed by atoms with van der Waals surface area (Å²) in [5, 5.41) is 11.0. The Bertz CT molecular complexity index is 1750. The Morgan fingerprint density at radius 2 is 1.67 bits per heavy atom. The Hall–Kier alpha value is -5.44. The predicted octanol–water partition coefficient (Wildman–Crippen LogP) is 6.60. The number of hydrogen-bond acceptors (Lipinski definition) is 6. The molecule has 42 heavy (non-hydrogen) atoms. The van der Waals surface area contributed by atoms with E-state index in [1.54, 1.807) is 23.9 Å². The van der Waals surface area contributed by atoms with Crippen molar-refractivity contribution in [2.45, 2.75) is 19.6 Å². The van der Waals surface area contributed by atoms with E-state index >= 15 is 0 Å². The standard InChI is InChI=1S/C33H28FN5O3/c1-21-29(32(40)36-26-11-7-4-8-12-26)30(39-33(35-21)37-31(38-39)23-13-16-25(34)17-14-23)24-15-18-27(28(19-24)41-2)42-20-22-9-5-3-6-10-22/h3-19,30H,20H2,1-2H3,(H,36,40)(H,35,37,38). The molecule has 9 heteroatoms. The molecule has 6 rings (SSSR count). The van der Waals surface area contributed by atoms with Gasteiger partial charge in [0.05, 0.1) is 12.7 Å². The summed E-state index contributed by atoms with van der Waals surface area (Å²) in [7, 11) is 1.58. The quantitative estimate of drug-likeness (QED) is 0.222. The highest BCUT2D eigenvalue weighted by molar-refractivity contribution is 6.06. The van der Waals surface area contributed by atoms with Crippen LogP contribution in [-0.2, 0) is 11.4 Å². The maximum atomic E-state index is 13.8. The van der Waals surface area contributed by atoms with Crippen LogP contribution >= 0.6 is 0 Å². The molecule has 1 aromatic heterocycles. The van der Waals surface area contributed by atoms with Gasteiger partial charge in [-0.2, -0.15) is 4.98 Å². The van der Waals surface area contributed by atoms with Gasteiger partial charge in [0.1, 0.15) is 18.5 Å². The molecule has 0 bridgehead atoms. The van der Waals surface area contributed by atoms with E-state index in [-0.39, 0.29) is 11.7 Å². The number of nitrogens with one attached hydrogen (secondary N) is 2. The first-order chi connectivity index (χ1) is 20.5. The molecule has 1 atom stereocenters. The number of allylic oxidation sites excluding steroid dienone is 1. The number of aromatic nitrogens is 3. The third-order valence-electron chi connectivity index (χ3n) is 6.97. The molecule has 4 aromatic carbocycles. The van der Waals surface area contributed by atoms with Crippen LogP contribution < -0.4 is 20.1 Å². The molecule has 0 aliphatic carbocycles. The second-order valence-electron chi connectivity index (χ2n) is 9.78. The summed E-state index contributed by atoms with van der Waals surface area (Å²) in [5.74, 6) is 1.30. The molecule has 1 unspecified atom stereocenters. The molecule has 2 heterocycles. The lowest BCUT2D eigenvalue weighted by molar-refractivity contribution is -0.113. The maximum absolute atomic E-state index is 13.8. The van der Waals surface area contributed by atoms with Crippen molar-refractivity contribution in [1.29, 1.82) is 0 Å². The fourth-order valence-electron chi connectivity index (χ4n) is 4.90. The highest BCUT2D eigenvalue weighted by Crippen LogP contribution is 2.40. The minimum atomic E-state index is -0.649. The Kier molecular flexibility index (Phi) is 7.38. The Balaban J connectivity index is 1.40. The molecule has 0 fully saturated rings. The van der Waals surface area contributed by atoms with Crippen LogP contribution in [0.5, 0.6) is 11.5 Å². The number of amides is 1. The number of para-hydroxylation sites is 1. The van der Waals surface area contributed by atoms with Gasteiger partial charge in [-0.15, -0.1) is 5.10 Å². The van der Waals surface area contributed by atoms with Crippen molar-refractivity contribution in [3.8, 4) is 22.9 Å². The number of nitrogens with zero attached hydrogens (tertiary/aromatic N) is 3. The third-order valence-corrected chi connectivity index (χ3v) is 6.97. The molecule has 8 nitrogen and oxygen atoms in total. The molecule has 1 aliphatic heterocycles. The SMILES string of the molecule is COc1cc(C2C(C(=O)Nc3ccccc3)=C(C)Nc3nc(-c4ccc(F)cc4)nn32)ccc1OCc1ccccc1. The van der Waals surface area contributed by atoms with Crippen LogP contribution in [-0.4, -0.2) is 27.8 Å². The molecule has 0 radical (unpaired) electrons. The summed E-state index contributed by atoms with van der Waals surface area (Å²) in [6, 6.07) is 30.0. The number of ether oxygens (including phenoxy) is 2. The lowest BCUT2D eigenvalue weighted by Crippen LogP contribution is -2.31. The Morgan fingerprint density at radius 1 is 0.952 bits per heavy atom. The van der Waals surface area contributed by atoms with Gasteiger partial charge in [0, 0.05) is 16.9 Å². The number of anilines is 2. The van der Waals surface area contributed by atoms with Gasteiger partial charge >= 0.3 is 0 Å². The highest BCUT2D eigenvalue weighted by Gasteiger charge is 2.35. The fraction of sp³-hybridized carbons (Fsp3) is 0.121. The normalized spacial score (nSPS) is 14.1. The largest absolute Gasteiger partial charge is 0.493 e. The average Bonchev–Trinajstić information content (AvgIpc) is 3.44. The van der Waals surface area contributed by atoms with E-state index in [1.165, 1.54) is 12.1 Å². The number of fused-ring (bicyclic) bond motifs is 1. The van der Waals surface area contributed by atoms with Gasteiger partial charge in [-0.3, -0.25) is 4.79 Å². The molecule has 2 N–H and O–H groups in total. The Labute approximate surface area is 242 Å². The van der Waals surface area contributed by atoms with Crippen molar-refractivity contribution in [1.82, 2.24) is 14.8 Å². The number of carbonyl (C=O) groups excluding carboxylic acids is 1. The number of hydrogen-bond donors (Lipinski definition) is 2. The van der Waals surface area contributed by atoms with E-state index in [2.05, 4.69) is 15.6 Å². The van der Waals surface area contributed by atoms with E-state index in [9.17, 15) is 9.18 Å². The van der Waals surface area contributed by atoms with E-state index in [4.69, 9.17) is 14.6 Å². The van der Waals surface area contributed by atoms with E-state index < -0.39 is 6.04 Å². The van der Waals surface area contributed by atoms with E-state index in [0.717, 1.165) is 11.1 Å². The third kappa shape index (κ3) is 5.44. The van der Waals surface area contributed by atoms with Crippen molar-refractivity contribution in [2.75, 3.05) is 17.7 Å². The molecule has 0 spiro atoms. The summed E-state index contributed by atoms with van der Waals surface area (Å²) < 4.78 is 27.1. The fourth-order valence-corrected chi connectivity index (χ4v) is 4.90. The van der Waals surface area contributed by atoms with Gasteiger partial charge in [-0.25, -0.2) is 9.07 Å². The van der Waals surface area contributed by atoms with Crippen molar-refractivity contribution in [3.05, 3.63) is 131 Å². The lowest BCUT2D eigenvalue weighted by atomic mass is 9.94. The molecule has 0 saturated heterocycles. The summed E-state index contributed by atoms with van der Waals surface area (Å²) in [6.07, 6.45) is 0. The first kappa shape index (κ1) is 26.8. The van der Waals surface area contributed by atoms with Crippen LogP contribution in [0.3, 0.4) is 0 Å². The highest BCUT2D eigenvalue weighted by atomic mass is 19.1. The second kappa shape index (κ2) is 11.6. The second-order valence-corrected chi connectivity index (χ2v) is 9.78. The summed E-state index contributed by atoms with van der Waals surface area (Å²) >= 11 is 0. The van der Waals surface area contributed by atoms with Crippen molar-refractivity contribution in [2.24, 2.45) is 0 Å². The van der Waals surface area contributed by atoms with Gasteiger partial charge in [-0.1, -0.05) is 54.6 Å². The Morgan fingerprint density at radius 3 is 2.38 bits per heavy atom. The summed E-state index contributed by atoms with van der Waals surface area (Å²) in [4.78, 5) is 18.5.